The molecule has 0 atom stereocenters. The third-order valence-corrected chi connectivity index (χ3v) is 3.69. The van der Waals surface area contributed by atoms with Crippen LogP contribution in [-0.2, 0) is 0 Å². The molecular weight excluding hydrogens is 182 g/mol. The maximum atomic E-state index is 4.50. The van der Waals surface area contributed by atoms with Gasteiger partial charge in [0.05, 0.1) is 6.54 Å². The van der Waals surface area contributed by atoms with E-state index in [1.165, 1.54) is 43.6 Å². The Morgan fingerprint density at radius 2 is 2.08 bits per heavy atom. The van der Waals surface area contributed by atoms with Gasteiger partial charge in [-0.3, -0.25) is 4.99 Å². The van der Waals surface area contributed by atoms with Crippen molar-refractivity contribution in [2.45, 2.75) is 6.92 Å². The molecule has 3 nitrogen and oxygen atoms in total. The van der Waals surface area contributed by atoms with E-state index in [2.05, 4.69) is 21.7 Å². The van der Waals surface area contributed by atoms with Crippen molar-refractivity contribution >= 4 is 16.9 Å². The summed E-state index contributed by atoms with van der Waals surface area (Å²) in [4.78, 5) is 9.43. The van der Waals surface area contributed by atoms with Crippen molar-refractivity contribution in [2.24, 2.45) is 4.99 Å². The second kappa shape index (κ2) is 4.33. The van der Waals surface area contributed by atoms with Gasteiger partial charge in [0.15, 0.2) is 5.17 Å². The molecular formula is C9H17N3S. The Morgan fingerprint density at radius 1 is 1.31 bits per heavy atom. The van der Waals surface area contributed by atoms with Gasteiger partial charge in [0.1, 0.15) is 0 Å². The Balaban J connectivity index is 1.83. The SMILES string of the molecule is CCN1CCN(C2=NCCS2)CC1. The molecule has 0 N–H and O–H groups in total. The molecule has 0 bridgehead atoms. The molecule has 2 heterocycles. The molecule has 1 fully saturated rings. The van der Waals surface area contributed by atoms with Gasteiger partial charge in [-0.25, -0.2) is 0 Å². The zero-order valence-electron chi connectivity index (χ0n) is 8.20. The number of piperazine rings is 1. The summed E-state index contributed by atoms with van der Waals surface area (Å²) in [5, 5.41) is 1.29. The Bertz CT molecular complexity index is 197. The molecule has 0 aromatic carbocycles. The van der Waals surface area contributed by atoms with Gasteiger partial charge in [-0.15, -0.1) is 0 Å². The lowest BCUT2D eigenvalue weighted by molar-refractivity contribution is 0.192. The minimum Gasteiger partial charge on any atom is -0.349 e. The minimum absolute atomic E-state index is 1.02. The summed E-state index contributed by atoms with van der Waals surface area (Å²) in [6.07, 6.45) is 0. The van der Waals surface area contributed by atoms with Crippen molar-refractivity contribution in [1.29, 1.82) is 0 Å². The van der Waals surface area contributed by atoms with E-state index in [1.807, 2.05) is 11.8 Å². The normalized spacial score (nSPS) is 25.0. The summed E-state index contributed by atoms with van der Waals surface area (Å²) in [6.45, 7) is 9.18. The number of amidine groups is 1. The van der Waals surface area contributed by atoms with Gasteiger partial charge in [-0.1, -0.05) is 18.7 Å². The van der Waals surface area contributed by atoms with Gasteiger partial charge in [-0.2, -0.15) is 0 Å². The molecule has 0 saturated carbocycles. The van der Waals surface area contributed by atoms with E-state index < -0.39 is 0 Å². The van der Waals surface area contributed by atoms with Crippen molar-refractivity contribution in [3.05, 3.63) is 0 Å². The molecule has 2 rings (SSSR count). The van der Waals surface area contributed by atoms with Crippen LogP contribution in [0.2, 0.25) is 0 Å². The number of hydrogen-bond donors (Lipinski definition) is 0. The Kier molecular flexibility index (Phi) is 3.11. The first-order chi connectivity index (χ1) is 6.40. The van der Waals surface area contributed by atoms with Gasteiger partial charge < -0.3 is 9.80 Å². The van der Waals surface area contributed by atoms with Crippen LogP contribution in [0.25, 0.3) is 0 Å². The van der Waals surface area contributed by atoms with Crippen molar-refractivity contribution in [3.63, 3.8) is 0 Å². The molecule has 1 saturated heterocycles. The van der Waals surface area contributed by atoms with Crippen LogP contribution in [0.1, 0.15) is 6.92 Å². The van der Waals surface area contributed by atoms with Crippen molar-refractivity contribution in [1.82, 2.24) is 9.80 Å². The van der Waals surface area contributed by atoms with E-state index in [1.54, 1.807) is 0 Å². The smallest absolute Gasteiger partial charge is 0.159 e. The highest BCUT2D eigenvalue weighted by atomic mass is 32.2. The molecule has 0 aromatic rings. The molecule has 0 spiro atoms. The predicted molar refractivity (Wildman–Crippen MR) is 58.4 cm³/mol. The van der Waals surface area contributed by atoms with Crippen LogP contribution in [0.4, 0.5) is 0 Å². The number of likely N-dealkylation sites (N-methyl/N-ethyl adjacent to an activating group) is 1. The van der Waals surface area contributed by atoms with Gasteiger partial charge in [-0.05, 0) is 6.54 Å². The van der Waals surface area contributed by atoms with Crippen molar-refractivity contribution in [2.75, 3.05) is 45.0 Å². The fourth-order valence-corrected chi connectivity index (χ4v) is 2.68. The number of rotatable bonds is 1. The van der Waals surface area contributed by atoms with Gasteiger partial charge >= 0.3 is 0 Å². The number of aliphatic imine (C=N–C) groups is 1. The highest BCUT2D eigenvalue weighted by Crippen LogP contribution is 2.16. The minimum atomic E-state index is 1.02. The lowest BCUT2D eigenvalue weighted by Crippen LogP contribution is -2.47. The number of hydrogen-bond acceptors (Lipinski definition) is 4. The third-order valence-electron chi connectivity index (χ3n) is 2.66. The summed E-state index contributed by atoms with van der Waals surface area (Å²) >= 11 is 1.92. The van der Waals surface area contributed by atoms with Crippen LogP contribution in [0, 0.1) is 0 Å². The van der Waals surface area contributed by atoms with E-state index in [4.69, 9.17) is 0 Å². The lowest BCUT2D eigenvalue weighted by Gasteiger charge is -2.34. The maximum absolute atomic E-state index is 4.50. The molecule has 0 unspecified atom stereocenters. The van der Waals surface area contributed by atoms with Crippen molar-refractivity contribution in [3.8, 4) is 0 Å². The molecule has 2 aliphatic heterocycles. The highest BCUT2D eigenvalue weighted by molar-refractivity contribution is 8.14. The van der Waals surface area contributed by atoms with E-state index in [0.717, 1.165) is 6.54 Å². The highest BCUT2D eigenvalue weighted by Gasteiger charge is 2.20. The molecule has 0 aromatic heterocycles. The molecule has 13 heavy (non-hydrogen) atoms. The zero-order valence-corrected chi connectivity index (χ0v) is 9.02. The predicted octanol–water partition coefficient (Wildman–Crippen LogP) is 0.727. The first-order valence-electron chi connectivity index (χ1n) is 5.04. The molecule has 0 amide bonds. The van der Waals surface area contributed by atoms with Crippen LogP contribution >= 0.6 is 11.8 Å². The van der Waals surface area contributed by atoms with Crippen LogP contribution in [-0.4, -0.2) is 60.0 Å². The van der Waals surface area contributed by atoms with E-state index in [-0.39, 0.29) is 0 Å². The fourth-order valence-electron chi connectivity index (χ4n) is 1.77. The zero-order chi connectivity index (χ0) is 9.10. The van der Waals surface area contributed by atoms with Gasteiger partial charge in [0.25, 0.3) is 0 Å². The second-order valence-electron chi connectivity index (χ2n) is 3.43. The lowest BCUT2D eigenvalue weighted by atomic mass is 10.3. The number of thioether (sulfide) groups is 1. The molecule has 4 heteroatoms. The summed E-state index contributed by atoms with van der Waals surface area (Å²) in [7, 11) is 0. The quantitative estimate of drug-likeness (QED) is 0.620. The first-order valence-corrected chi connectivity index (χ1v) is 6.03. The Hall–Kier alpha value is -0.220. The fraction of sp³-hybridized carbons (Fsp3) is 0.889. The molecule has 0 radical (unpaired) electrons. The monoisotopic (exact) mass is 199 g/mol. The Morgan fingerprint density at radius 3 is 2.62 bits per heavy atom. The van der Waals surface area contributed by atoms with Crippen molar-refractivity contribution < 1.29 is 0 Å². The molecule has 2 aliphatic rings. The topological polar surface area (TPSA) is 18.8 Å². The summed E-state index contributed by atoms with van der Waals surface area (Å²) < 4.78 is 0. The molecule has 74 valence electrons. The van der Waals surface area contributed by atoms with Crippen LogP contribution in [0.15, 0.2) is 4.99 Å². The van der Waals surface area contributed by atoms with Crippen LogP contribution < -0.4 is 0 Å². The van der Waals surface area contributed by atoms with Gasteiger partial charge in [0.2, 0.25) is 0 Å². The third kappa shape index (κ3) is 2.17. The molecule has 0 aliphatic carbocycles. The van der Waals surface area contributed by atoms with Gasteiger partial charge in [0, 0.05) is 31.9 Å². The van der Waals surface area contributed by atoms with E-state index in [0.29, 0.717) is 0 Å². The van der Waals surface area contributed by atoms with E-state index >= 15 is 0 Å². The van der Waals surface area contributed by atoms with E-state index in [9.17, 15) is 0 Å². The first kappa shape index (κ1) is 9.34. The Labute approximate surface area is 84.2 Å². The number of nitrogens with zero attached hydrogens (tertiary/aromatic N) is 3. The standard InChI is InChI=1S/C9H17N3S/c1-2-11-4-6-12(7-5-11)9-10-3-8-13-9/h2-8H2,1H3. The summed E-state index contributed by atoms with van der Waals surface area (Å²) in [6, 6.07) is 0. The average molecular weight is 199 g/mol. The largest absolute Gasteiger partial charge is 0.349 e. The second-order valence-corrected chi connectivity index (χ2v) is 4.50. The average Bonchev–Trinajstić information content (AvgIpc) is 2.71. The van der Waals surface area contributed by atoms with Crippen LogP contribution in [0.5, 0.6) is 0 Å². The summed E-state index contributed by atoms with van der Waals surface area (Å²) in [5.74, 6) is 1.18. The maximum Gasteiger partial charge on any atom is 0.159 e. The van der Waals surface area contributed by atoms with Crippen LogP contribution in [0.3, 0.4) is 0 Å². The summed E-state index contributed by atoms with van der Waals surface area (Å²) in [5.41, 5.74) is 0.